The fraction of sp³-hybridized carbons (Fsp3) is 0.778. The summed E-state index contributed by atoms with van der Waals surface area (Å²) in [5, 5.41) is 8.76. The van der Waals surface area contributed by atoms with Gasteiger partial charge in [0.25, 0.3) is 0 Å². The molecule has 0 aromatic heterocycles. The predicted octanol–water partition coefficient (Wildman–Crippen LogP) is 2.66. The Kier molecular flexibility index (Phi) is 11.5. The van der Waals surface area contributed by atoms with Gasteiger partial charge in [0.2, 0.25) is 0 Å². The number of hydrogen-bond donors (Lipinski definition) is 0. The van der Waals surface area contributed by atoms with Gasteiger partial charge in [0.05, 0.1) is 0 Å². The van der Waals surface area contributed by atoms with Gasteiger partial charge in [-0.1, -0.05) is 20.3 Å². The van der Waals surface area contributed by atoms with Crippen LogP contribution < -0.4 is 0 Å². The van der Waals surface area contributed by atoms with Crippen LogP contribution in [-0.2, 0) is 41.7 Å². The van der Waals surface area contributed by atoms with E-state index in [0.29, 0.717) is 10.1 Å². The summed E-state index contributed by atoms with van der Waals surface area (Å²) in [5.74, 6) is 0. The zero-order chi connectivity index (χ0) is 11.8. The van der Waals surface area contributed by atoms with Crippen LogP contribution in [0.1, 0.15) is 34.1 Å². The van der Waals surface area contributed by atoms with E-state index >= 15 is 0 Å². The molecule has 1 radical (unpaired) electrons. The van der Waals surface area contributed by atoms with E-state index in [9.17, 15) is 0 Å². The Labute approximate surface area is 119 Å². The van der Waals surface area contributed by atoms with E-state index in [0.717, 1.165) is 6.42 Å². The van der Waals surface area contributed by atoms with Crippen molar-refractivity contribution in [3.8, 4) is 0 Å². The van der Waals surface area contributed by atoms with Crippen molar-refractivity contribution >= 4 is 35.3 Å². The van der Waals surface area contributed by atoms with E-state index in [4.69, 9.17) is 25.3 Å². The zero-order valence-electron chi connectivity index (χ0n) is 9.78. The average molecular weight is 303 g/mol. The molecule has 0 amide bonds. The summed E-state index contributed by atoms with van der Waals surface area (Å²) in [7, 11) is 0. The van der Waals surface area contributed by atoms with E-state index in [1.165, 1.54) is 0 Å². The van der Waals surface area contributed by atoms with Crippen LogP contribution in [0.4, 0.5) is 0 Å². The Hall–Kier alpha value is -0.126. The molecular formula is C9H16N4NiS2-. The zero-order valence-corrected chi connectivity index (χ0v) is 12.4. The van der Waals surface area contributed by atoms with Crippen molar-refractivity contribution in [2.45, 2.75) is 46.2 Å². The summed E-state index contributed by atoms with van der Waals surface area (Å²) in [5.41, 5.74) is 8.08. The van der Waals surface area contributed by atoms with Gasteiger partial charge in [0, 0.05) is 0 Å². The van der Waals surface area contributed by atoms with Crippen molar-refractivity contribution < 1.29 is 16.5 Å². The van der Waals surface area contributed by atoms with E-state index in [-0.39, 0.29) is 28.6 Å². The summed E-state index contributed by atoms with van der Waals surface area (Å²) >= 11 is 9.59. The standard InChI is InChI=1S/C9H18N4S2.Ni/c1-6(10-12-8(3)14)5-7(2)11-13-9(4)15;/h6-7H,5H2,1-4H3,(H,12,14)(H,13,15);/q-2;+3/p-2. The van der Waals surface area contributed by atoms with E-state index in [1.807, 2.05) is 13.8 Å². The number of rotatable bonds is 6. The summed E-state index contributed by atoms with van der Waals surface area (Å²) in [6.07, 6.45) is 0.790. The molecular weight excluding hydrogens is 287 g/mol. The van der Waals surface area contributed by atoms with Gasteiger partial charge in [0.15, 0.2) is 0 Å². The molecule has 2 atom stereocenters. The van der Waals surface area contributed by atoms with Gasteiger partial charge >= 0.3 is 16.5 Å². The Morgan fingerprint density at radius 2 is 1.31 bits per heavy atom. The molecule has 95 valence electrons. The maximum atomic E-state index is 4.79. The molecule has 7 heteroatoms. The van der Waals surface area contributed by atoms with Crippen molar-refractivity contribution in [3.63, 3.8) is 0 Å². The van der Waals surface area contributed by atoms with Crippen LogP contribution in [0.15, 0.2) is 10.2 Å². The molecule has 0 aliphatic rings. The second-order valence-electron chi connectivity index (χ2n) is 3.40. The molecule has 16 heavy (non-hydrogen) atoms. The maximum absolute atomic E-state index is 4.79. The molecule has 0 N–H and O–H groups in total. The quantitative estimate of drug-likeness (QED) is 0.249. The van der Waals surface area contributed by atoms with Crippen LogP contribution in [-0.4, -0.2) is 22.2 Å². The monoisotopic (exact) mass is 302 g/mol. The molecule has 0 aromatic carbocycles. The molecule has 0 heterocycles. The number of nitrogens with zero attached hydrogens (tertiary/aromatic N) is 4. The first kappa shape index (κ1) is 18.2. The molecule has 0 bridgehead atoms. The maximum Gasteiger partial charge on any atom is 3.00 e. The van der Waals surface area contributed by atoms with Crippen molar-refractivity contribution in [1.82, 2.24) is 0 Å². The van der Waals surface area contributed by atoms with E-state index in [1.54, 1.807) is 13.8 Å². The van der Waals surface area contributed by atoms with Gasteiger partial charge < -0.3 is 46.3 Å². The molecule has 2 unspecified atom stereocenters. The largest absolute Gasteiger partial charge is 3.00 e. The summed E-state index contributed by atoms with van der Waals surface area (Å²) in [4.78, 5) is 0. The summed E-state index contributed by atoms with van der Waals surface area (Å²) in [6, 6.07) is 0.199. The van der Waals surface area contributed by atoms with Gasteiger partial charge in [-0.25, -0.2) is 0 Å². The van der Waals surface area contributed by atoms with Gasteiger partial charge in [-0.3, -0.25) is 0 Å². The van der Waals surface area contributed by atoms with Crippen molar-refractivity contribution in [3.05, 3.63) is 10.9 Å². The molecule has 0 saturated heterocycles. The Morgan fingerprint density at radius 1 is 1.00 bits per heavy atom. The Bertz CT molecular complexity index is 214. The fourth-order valence-corrected chi connectivity index (χ4v) is 1.04. The second kappa shape index (κ2) is 10.1. The van der Waals surface area contributed by atoms with Gasteiger partial charge in [-0.05, 0) is 13.8 Å². The first-order valence-corrected chi connectivity index (χ1v) is 5.56. The minimum absolute atomic E-state index is 0. The molecule has 0 aliphatic carbocycles. The molecule has 0 fully saturated rings. The Balaban J connectivity index is 0. The van der Waals surface area contributed by atoms with Crippen molar-refractivity contribution in [2.75, 3.05) is 0 Å². The third kappa shape index (κ3) is 11.9. The first-order chi connectivity index (χ1) is 6.91. The average Bonchev–Trinajstić information content (AvgIpc) is 2.11. The molecule has 0 saturated carbocycles. The minimum atomic E-state index is 0. The van der Waals surface area contributed by atoms with E-state index < -0.39 is 0 Å². The van der Waals surface area contributed by atoms with Gasteiger partial charge in [-0.15, -0.1) is 22.2 Å². The Morgan fingerprint density at radius 3 is 1.56 bits per heavy atom. The summed E-state index contributed by atoms with van der Waals surface area (Å²) in [6.45, 7) is 7.42. The van der Waals surface area contributed by atoms with Crippen LogP contribution in [0.5, 0.6) is 0 Å². The van der Waals surface area contributed by atoms with Crippen LogP contribution >= 0.6 is 0 Å². The van der Waals surface area contributed by atoms with Crippen LogP contribution in [0.25, 0.3) is 10.9 Å². The fourth-order valence-electron chi connectivity index (χ4n) is 0.948. The van der Waals surface area contributed by atoms with Crippen LogP contribution in [0, 0.1) is 0 Å². The summed E-state index contributed by atoms with van der Waals surface area (Å²) < 4.78 is 0. The normalized spacial score (nSPS) is 16.0. The minimum Gasteiger partial charge on any atom is -0.767 e. The SMILES string of the molecule is CC([S-])=N[N-]C(C)CC(C)[N-]N=C(C)[S-].[Ni+3]. The third-order valence-corrected chi connectivity index (χ3v) is 1.64. The first-order valence-electron chi connectivity index (χ1n) is 4.74. The topological polar surface area (TPSA) is 52.9 Å². The molecule has 0 spiro atoms. The molecule has 4 nitrogen and oxygen atoms in total. The second-order valence-corrected chi connectivity index (χ2v) is 4.58. The molecule has 0 rings (SSSR count). The predicted molar refractivity (Wildman–Crippen MR) is 71.2 cm³/mol. The van der Waals surface area contributed by atoms with Crippen molar-refractivity contribution in [1.29, 1.82) is 0 Å². The van der Waals surface area contributed by atoms with E-state index in [2.05, 4.69) is 21.1 Å². The van der Waals surface area contributed by atoms with Crippen LogP contribution in [0.2, 0.25) is 0 Å². The third-order valence-electron chi connectivity index (χ3n) is 1.47. The van der Waals surface area contributed by atoms with Gasteiger partial charge in [0.1, 0.15) is 0 Å². The molecule has 0 aromatic rings. The molecule has 0 aliphatic heterocycles. The van der Waals surface area contributed by atoms with Crippen molar-refractivity contribution in [2.24, 2.45) is 10.2 Å². The smallest absolute Gasteiger partial charge is 0.767 e. The van der Waals surface area contributed by atoms with Gasteiger partial charge in [-0.2, -0.15) is 0 Å². The van der Waals surface area contributed by atoms with Crippen LogP contribution in [0.3, 0.4) is 0 Å². The number of hydrogen-bond acceptors (Lipinski definition) is 4.